The zero-order valence-electron chi connectivity index (χ0n) is 33.9. The Balaban J connectivity index is 0.814. The highest BCUT2D eigenvalue weighted by atomic mass is 35.5. The molecule has 3 aromatic carbocycles. The first-order valence-electron chi connectivity index (χ1n) is 21.3. The number of imide groups is 1. The molecule has 4 N–H and O–H groups in total. The number of piperidine rings is 1. The van der Waals surface area contributed by atoms with Gasteiger partial charge in [0, 0.05) is 66.2 Å². The van der Waals surface area contributed by atoms with Crippen LogP contribution in [-0.4, -0.2) is 74.3 Å². The molecule has 1 unspecified atom stereocenters. The highest BCUT2D eigenvalue weighted by Gasteiger charge is 2.72. The van der Waals surface area contributed by atoms with E-state index in [0.29, 0.717) is 71.6 Å². The Morgan fingerprint density at radius 3 is 2.47 bits per heavy atom. The second-order valence-electron chi connectivity index (χ2n) is 17.8. The molecule has 0 radical (unpaired) electrons. The maximum atomic E-state index is 16.2. The Hall–Kier alpha value is -5.49. The van der Waals surface area contributed by atoms with Gasteiger partial charge >= 0.3 is 5.69 Å². The second kappa shape index (κ2) is 15.1. The summed E-state index contributed by atoms with van der Waals surface area (Å²) in [5.41, 5.74) is 0.787. The van der Waals surface area contributed by atoms with Crippen molar-refractivity contribution in [3.63, 3.8) is 0 Å². The zero-order valence-corrected chi connectivity index (χ0v) is 35.4. The van der Waals surface area contributed by atoms with Gasteiger partial charge < -0.3 is 15.5 Å². The van der Waals surface area contributed by atoms with E-state index in [0.717, 1.165) is 19.3 Å². The highest BCUT2D eigenvalue weighted by Crippen LogP contribution is 2.63. The first-order chi connectivity index (χ1) is 29.8. The van der Waals surface area contributed by atoms with Crippen LogP contribution < -0.4 is 27.0 Å². The van der Waals surface area contributed by atoms with Crippen LogP contribution in [-0.2, 0) is 36.4 Å². The molecule has 2 aliphatic carbocycles. The number of fused-ring (bicyclic) bond motifs is 4. The quantitative estimate of drug-likeness (QED) is 0.165. The van der Waals surface area contributed by atoms with Crippen molar-refractivity contribution in [1.82, 2.24) is 30.0 Å². The smallest absolute Gasteiger partial charge is 0.329 e. The molecular weight excluding hydrogens is 836 g/mol. The van der Waals surface area contributed by atoms with Gasteiger partial charge in [0.25, 0.3) is 0 Å². The molecule has 320 valence electrons. The van der Waals surface area contributed by atoms with Crippen molar-refractivity contribution < 1.29 is 28.4 Å². The predicted molar refractivity (Wildman–Crippen MR) is 229 cm³/mol. The summed E-state index contributed by atoms with van der Waals surface area (Å²) < 4.78 is 19.1. The van der Waals surface area contributed by atoms with E-state index >= 15 is 4.39 Å². The van der Waals surface area contributed by atoms with Crippen LogP contribution in [0.25, 0.3) is 11.0 Å². The fourth-order valence-corrected chi connectivity index (χ4v) is 11.7. The molecular formula is C46H44Cl2FN7O6. The minimum atomic E-state index is -1.33. The number of anilines is 1. The summed E-state index contributed by atoms with van der Waals surface area (Å²) >= 11 is 12.8. The molecule has 4 atom stereocenters. The summed E-state index contributed by atoms with van der Waals surface area (Å²) in [6.45, 7) is 0.952. The first-order valence-corrected chi connectivity index (χ1v) is 22.0. The van der Waals surface area contributed by atoms with Gasteiger partial charge in [-0.25, -0.2) is 9.18 Å². The number of hydrogen-bond donors (Lipinski definition) is 4. The Bertz CT molecular complexity index is 2740. The number of nitrogens with zero attached hydrogens (tertiary/aromatic N) is 3. The Kier molecular flexibility index (Phi) is 9.88. The van der Waals surface area contributed by atoms with Crippen molar-refractivity contribution >= 4 is 69.5 Å². The second-order valence-corrected chi connectivity index (χ2v) is 18.6. The van der Waals surface area contributed by atoms with E-state index in [9.17, 15) is 28.8 Å². The highest BCUT2D eigenvalue weighted by molar-refractivity contribution is 6.31. The topological polar surface area (TPSA) is 164 Å². The number of imidazole rings is 1. The standard InChI is InChI=1S/C46H44Cl2FN7O6/c1-54-35-18-24(10-13-33(35)56(44(54)62)34-14-15-36(57)52-40(34)58)8-9-25-22-55(23-25)42(60)26-19-28(20-26)50-41(59)39-37(29-6-5-7-31(48)38(29)49)46(45(53-39)16-3-2-4-17-45)30-12-11-27(47)21-32(30)51-43(46)61/h5-7,10-13,18,21,25-26,28,34,37,39,53H,2-4,14-17,19-20,22-23H2,1H3,(H,50,59)(H,51,61)(H,52,57,58)/t26?,28?,34?,37-,39+,46+/m0/s1. The minimum Gasteiger partial charge on any atom is -0.352 e. The number of aromatic nitrogens is 2. The molecule has 5 fully saturated rings. The molecule has 2 saturated carbocycles. The number of carbonyl (C=O) groups excluding carboxylic acids is 5. The third-order valence-electron chi connectivity index (χ3n) is 14.4. The fourth-order valence-electron chi connectivity index (χ4n) is 11.3. The van der Waals surface area contributed by atoms with Gasteiger partial charge in [-0.2, -0.15) is 0 Å². The summed E-state index contributed by atoms with van der Waals surface area (Å²) in [7, 11) is 1.63. The Morgan fingerprint density at radius 2 is 1.71 bits per heavy atom. The molecule has 0 bridgehead atoms. The molecule has 62 heavy (non-hydrogen) atoms. The van der Waals surface area contributed by atoms with E-state index < -0.39 is 40.7 Å². The van der Waals surface area contributed by atoms with Gasteiger partial charge in [-0.3, -0.25) is 43.7 Å². The van der Waals surface area contributed by atoms with Gasteiger partial charge in [-0.05, 0) is 79.6 Å². The average Bonchev–Trinajstić information content (AvgIpc) is 3.77. The molecule has 10 rings (SSSR count). The lowest BCUT2D eigenvalue weighted by Crippen LogP contribution is -2.60. The molecule has 16 heteroatoms. The van der Waals surface area contributed by atoms with Crippen molar-refractivity contribution in [3.05, 3.63) is 97.6 Å². The largest absolute Gasteiger partial charge is 0.352 e. The SMILES string of the molecule is Cn1c(=O)n(C2CCC(=O)NC2=O)c2ccc(C#CC3CN(C(=O)C4CC(NC(=O)[C@@H]5NC6(CCCCC6)[C@@]6(C(=O)Nc7cc(Cl)ccc76)[C@H]5c5cccc(Cl)c5F)C4)C3)cc21. The zero-order chi connectivity index (χ0) is 43.2. The van der Waals surface area contributed by atoms with Crippen LogP contribution in [0, 0.1) is 29.5 Å². The van der Waals surface area contributed by atoms with Gasteiger partial charge in [0.1, 0.15) is 17.3 Å². The van der Waals surface area contributed by atoms with E-state index in [2.05, 4.69) is 33.1 Å². The van der Waals surface area contributed by atoms with Crippen molar-refractivity contribution in [2.45, 2.75) is 92.8 Å². The van der Waals surface area contributed by atoms with Gasteiger partial charge in [0.2, 0.25) is 29.5 Å². The first kappa shape index (κ1) is 40.6. The van der Waals surface area contributed by atoms with Crippen molar-refractivity contribution in [2.75, 3.05) is 18.4 Å². The fraction of sp³-hybridized carbons (Fsp3) is 0.435. The van der Waals surface area contributed by atoms with E-state index in [1.54, 1.807) is 54.4 Å². The molecule has 1 aromatic heterocycles. The van der Waals surface area contributed by atoms with Crippen LogP contribution in [0.4, 0.5) is 10.1 Å². The number of aryl methyl sites for hydroxylation is 1. The molecule has 5 heterocycles. The van der Waals surface area contributed by atoms with E-state index in [-0.39, 0.29) is 70.6 Å². The summed E-state index contributed by atoms with van der Waals surface area (Å²) in [6, 6.07) is 13.3. The van der Waals surface area contributed by atoms with Crippen LogP contribution in [0.15, 0.2) is 59.4 Å². The lowest BCUT2D eigenvalue weighted by molar-refractivity contribution is -0.145. The normalized spacial score (nSPS) is 27.6. The molecule has 5 amide bonds. The molecule has 4 aliphatic heterocycles. The van der Waals surface area contributed by atoms with Gasteiger partial charge in [0.05, 0.1) is 28.0 Å². The number of nitrogens with one attached hydrogen (secondary N) is 4. The van der Waals surface area contributed by atoms with E-state index in [1.807, 2.05) is 6.07 Å². The maximum Gasteiger partial charge on any atom is 0.329 e. The van der Waals surface area contributed by atoms with Crippen LogP contribution in [0.2, 0.25) is 10.0 Å². The number of halogens is 3. The summed E-state index contributed by atoms with van der Waals surface area (Å²) in [4.78, 5) is 81.8. The summed E-state index contributed by atoms with van der Waals surface area (Å²) in [5.74, 6) is 3.04. The predicted octanol–water partition coefficient (Wildman–Crippen LogP) is 4.82. The molecule has 2 spiro atoms. The Labute approximate surface area is 366 Å². The van der Waals surface area contributed by atoms with Crippen LogP contribution >= 0.6 is 23.2 Å². The number of benzene rings is 3. The molecule has 3 saturated heterocycles. The lowest BCUT2D eigenvalue weighted by atomic mass is 9.55. The number of hydrogen-bond acceptors (Lipinski definition) is 7. The molecule has 13 nitrogen and oxygen atoms in total. The van der Waals surface area contributed by atoms with E-state index in [1.165, 1.54) is 15.2 Å². The number of likely N-dealkylation sites (tertiary alicyclic amines) is 1. The number of rotatable bonds is 5. The number of amides is 5. The van der Waals surface area contributed by atoms with E-state index in [4.69, 9.17) is 23.2 Å². The number of carbonyl (C=O) groups is 5. The van der Waals surface area contributed by atoms with Crippen molar-refractivity contribution in [3.8, 4) is 11.8 Å². The third-order valence-corrected chi connectivity index (χ3v) is 14.9. The van der Waals surface area contributed by atoms with Gasteiger partial charge in [0.15, 0.2) is 0 Å². The summed E-state index contributed by atoms with van der Waals surface area (Å²) in [5, 5.41) is 12.5. The third kappa shape index (κ3) is 6.21. The van der Waals surface area contributed by atoms with Gasteiger partial charge in [-0.15, -0.1) is 0 Å². The Morgan fingerprint density at radius 1 is 0.935 bits per heavy atom. The van der Waals surface area contributed by atoms with Crippen LogP contribution in [0.5, 0.6) is 0 Å². The molecule has 4 aromatic rings. The minimum absolute atomic E-state index is 0.00984. The molecule has 6 aliphatic rings. The summed E-state index contributed by atoms with van der Waals surface area (Å²) in [6.07, 6.45) is 5.19. The van der Waals surface area contributed by atoms with Crippen molar-refractivity contribution in [2.24, 2.45) is 18.9 Å². The lowest BCUT2D eigenvalue weighted by Gasteiger charge is -2.47. The van der Waals surface area contributed by atoms with Crippen molar-refractivity contribution in [1.29, 1.82) is 0 Å². The van der Waals surface area contributed by atoms with Crippen LogP contribution in [0.1, 0.15) is 86.4 Å². The maximum absolute atomic E-state index is 16.2. The average molecular weight is 881 g/mol. The van der Waals surface area contributed by atoms with Gasteiger partial charge in [-0.1, -0.05) is 72.5 Å². The van der Waals surface area contributed by atoms with Crippen LogP contribution in [0.3, 0.4) is 0 Å². The monoisotopic (exact) mass is 879 g/mol.